The van der Waals surface area contributed by atoms with Crippen LogP contribution in [0.3, 0.4) is 0 Å². The molecule has 0 unspecified atom stereocenters. The van der Waals surface area contributed by atoms with Gasteiger partial charge in [-0.05, 0) is 35.0 Å². The van der Waals surface area contributed by atoms with Gasteiger partial charge in [-0.3, -0.25) is 10.00 Å². The summed E-state index contributed by atoms with van der Waals surface area (Å²) in [6.07, 6.45) is -0.296. The molecule has 5 rings (SSSR count). The van der Waals surface area contributed by atoms with Crippen LogP contribution in [0.25, 0.3) is 32.9 Å². The smallest absolute Gasteiger partial charge is 0.414 e. The van der Waals surface area contributed by atoms with Crippen LogP contribution in [0.1, 0.15) is 0 Å². The van der Waals surface area contributed by atoms with Crippen molar-refractivity contribution in [3.63, 3.8) is 0 Å². The average molecular weight is 329 g/mol. The number of carbonyl (C=O) groups is 1. The molecule has 5 nitrogen and oxygen atoms in total. The number of aromatic amines is 1. The summed E-state index contributed by atoms with van der Waals surface area (Å²) < 4.78 is 5.04. The molecule has 0 atom stereocenters. The molecule has 5 heteroatoms. The van der Waals surface area contributed by atoms with E-state index in [0.29, 0.717) is 13.2 Å². The summed E-state index contributed by atoms with van der Waals surface area (Å²) in [5.74, 6) is 0. The molecular formula is C20H15N3O2. The summed E-state index contributed by atoms with van der Waals surface area (Å²) >= 11 is 0. The van der Waals surface area contributed by atoms with Gasteiger partial charge in [0.15, 0.2) is 0 Å². The molecule has 4 aromatic rings. The molecule has 0 bridgehead atoms. The third-order valence-electron chi connectivity index (χ3n) is 4.64. The van der Waals surface area contributed by atoms with Gasteiger partial charge in [-0.2, -0.15) is 5.10 Å². The van der Waals surface area contributed by atoms with Crippen LogP contribution in [0.5, 0.6) is 0 Å². The van der Waals surface area contributed by atoms with Crippen LogP contribution < -0.4 is 4.90 Å². The van der Waals surface area contributed by atoms with E-state index in [9.17, 15) is 4.79 Å². The van der Waals surface area contributed by atoms with Crippen LogP contribution in [-0.2, 0) is 4.74 Å². The van der Waals surface area contributed by atoms with Crippen molar-refractivity contribution in [1.29, 1.82) is 0 Å². The lowest BCUT2D eigenvalue weighted by Crippen LogP contribution is -2.23. The van der Waals surface area contributed by atoms with E-state index in [4.69, 9.17) is 4.74 Å². The molecule has 3 aromatic carbocycles. The average Bonchev–Trinajstić information content (AvgIpc) is 3.26. The molecule has 25 heavy (non-hydrogen) atoms. The normalized spacial score (nSPS) is 14.4. The van der Waals surface area contributed by atoms with E-state index >= 15 is 0 Å². The maximum atomic E-state index is 11.8. The molecule has 0 aliphatic carbocycles. The molecule has 0 saturated carbocycles. The number of fused-ring (bicyclic) bond motifs is 2. The molecule has 1 N–H and O–H groups in total. The number of nitrogens with one attached hydrogen (secondary N) is 1. The van der Waals surface area contributed by atoms with Crippen molar-refractivity contribution >= 4 is 33.5 Å². The first-order valence-electron chi connectivity index (χ1n) is 8.21. The van der Waals surface area contributed by atoms with Gasteiger partial charge in [0.2, 0.25) is 0 Å². The largest absolute Gasteiger partial charge is 0.447 e. The molecule has 1 saturated heterocycles. The maximum Gasteiger partial charge on any atom is 0.414 e. The van der Waals surface area contributed by atoms with Crippen LogP contribution >= 0.6 is 0 Å². The SMILES string of the molecule is O=C1OCCN1c1ccc2[nH]nc(-c3ccc4ccccc4c3)c2c1. The topological polar surface area (TPSA) is 58.2 Å². The maximum absolute atomic E-state index is 11.8. The Morgan fingerprint density at radius 1 is 1.00 bits per heavy atom. The number of anilines is 1. The summed E-state index contributed by atoms with van der Waals surface area (Å²) in [5, 5.41) is 10.9. The second kappa shape index (κ2) is 5.34. The van der Waals surface area contributed by atoms with Crippen molar-refractivity contribution < 1.29 is 9.53 Å². The van der Waals surface area contributed by atoms with Gasteiger partial charge in [-0.15, -0.1) is 0 Å². The Morgan fingerprint density at radius 3 is 2.72 bits per heavy atom. The van der Waals surface area contributed by atoms with Gasteiger partial charge in [-0.1, -0.05) is 36.4 Å². The Bertz CT molecular complexity index is 1120. The first kappa shape index (κ1) is 14.0. The van der Waals surface area contributed by atoms with E-state index < -0.39 is 0 Å². The standard InChI is InChI=1S/C20H15N3O2/c24-20-23(9-10-25-20)16-7-8-18-17(12-16)19(22-21-18)15-6-5-13-3-1-2-4-14(13)11-15/h1-8,11-12H,9-10H2,(H,21,22). The van der Waals surface area contributed by atoms with Crippen LogP contribution in [-0.4, -0.2) is 29.4 Å². The minimum atomic E-state index is -0.296. The van der Waals surface area contributed by atoms with E-state index in [0.717, 1.165) is 27.8 Å². The van der Waals surface area contributed by atoms with E-state index in [1.165, 1.54) is 10.8 Å². The molecule has 1 aliphatic heterocycles. The van der Waals surface area contributed by atoms with Gasteiger partial charge >= 0.3 is 6.09 Å². The van der Waals surface area contributed by atoms with Gasteiger partial charge < -0.3 is 4.74 Å². The molecule has 122 valence electrons. The fourth-order valence-electron chi connectivity index (χ4n) is 3.35. The van der Waals surface area contributed by atoms with Gasteiger partial charge in [0, 0.05) is 16.6 Å². The third kappa shape index (κ3) is 2.24. The number of ether oxygens (including phenoxy) is 1. The first-order valence-corrected chi connectivity index (χ1v) is 8.21. The Kier molecular flexibility index (Phi) is 3.00. The summed E-state index contributed by atoms with van der Waals surface area (Å²) in [6, 6.07) is 20.4. The van der Waals surface area contributed by atoms with Crippen molar-refractivity contribution in [2.45, 2.75) is 0 Å². The Labute approximate surface area is 143 Å². The second-order valence-corrected chi connectivity index (χ2v) is 6.13. The van der Waals surface area contributed by atoms with Gasteiger partial charge in [0.1, 0.15) is 6.61 Å². The molecule has 1 fully saturated rings. The molecule has 2 heterocycles. The number of hydrogen-bond acceptors (Lipinski definition) is 3. The summed E-state index contributed by atoms with van der Waals surface area (Å²) in [5.41, 5.74) is 3.71. The molecule has 1 aromatic heterocycles. The zero-order valence-corrected chi connectivity index (χ0v) is 13.4. The van der Waals surface area contributed by atoms with Crippen molar-refractivity contribution in [1.82, 2.24) is 10.2 Å². The number of hydrogen-bond donors (Lipinski definition) is 1. The highest BCUT2D eigenvalue weighted by Crippen LogP contribution is 2.32. The lowest BCUT2D eigenvalue weighted by molar-refractivity contribution is 0.181. The van der Waals surface area contributed by atoms with E-state index in [1.807, 2.05) is 30.3 Å². The zero-order valence-electron chi connectivity index (χ0n) is 13.4. The van der Waals surface area contributed by atoms with E-state index in [2.05, 4.69) is 40.5 Å². The monoisotopic (exact) mass is 329 g/mol. The van der Waals surface area contributed by atoms with Crippen LogP contribution in [0.2, 0.25) is 0 Å². The van der Waals surface area contributed by atoms with Gasteiger partial charge in [0.25, 0.3) is 0 Å². The van der Waals surface area contributed by atoms with Crippen molar-refractivity contribution in [2.24, 2.45) is 0 Å². The fourth-order valence-corrected chi connectivity index (χ4v) is 3.35. The van der Waals surface area contributed by atoms with Crippen LogP contribution in [0.4, 0.5) is 10.5 Å². The quantitative estimate of drug-likeness (QED) is 0.595. The zero-order chi connectivity index (χ0) is 16.8. The lowest BCUT2D eigenvalue weighted by atomic mass is 10.0. The van der Waals surface area contributed by atoms with Crippen molar-refractivity contribution in [2.75, 3.05) is 18.1 Å². The second-order valence-electron chi connectivity index (χ2n) is 6.13. The Hall–Kier alpha value is -3.34. The van der Waals surface area contributed by atoms with Crippen molar-refractivity contribution in [3.8, 4) is 11.3 Å². The van der Waals surface area contributed by atoms with Crippen molar-refractivity contribution in [3.05, 3.63) is 60.7 Å². The molecule has 1 amide bonds. The third-order valence-corrected chi connectivity index (χ3v) is 4.64. The van der Waals surface area contributed by atoms with E-state index in [1.54, 1.807) is 4.90 Å². The molecule has 0 spiro atoms. The number of benzene rings is 3. The summed E-state index contributed by atoms with van der Waals surface area (Å²) in [4.78, 5) is 13.5. The predicted octanol–water partition coefficient (Wildman–Crippen LogP) is 4.34. The van der Waals surface area contributed by atoms with Crippen LogP contribution in [0.15, 0.2) is 60.7 Å². The summed E-state index contributed by atoms with van der Waals surface area (Å²) in [7, 11) is 0. The highest BCUT2D eigenvalue weighted by Gasteiger charge is 2.24. The predicted molar refractivity (Wildman–Crippen MR) is 97.7 cm³/mol. The number of aromatic nitrogens is 2. The Morgan fingerprint density at radius 2 is 1.88 bits per heavy atom. The molecular weight excluding hydrogens is 314 g/mol. The number of amides is 1. The highest BCUT2D eigenvalue weighted by molar-refractivity contribution is 5.99. The minimum Gasteiger partial charge on any atom is -0.447 e. The number of cyclic esters (lactones) is 1. The summed E-state index contributed by atoms with van der Waals surface area (Å²) in [6.45, 7) is 1.01. The number of H-pyrrole nitrogens is 1. The first-order chi connectivity index (χ1) is 12.3. The van der Waals surface area contributed by atoms with Crippen LogP contribution in [0, 0.1) is 0 Å². The van der Waals surface area contributed by atoms with E-state index in [-0.39, 0.29) is 6.09 Å². The lowest BCUT2D eigenvalue weighted by Gasteiger charge is -2.12. The number of nitrogens with zero attached hydrogens (tertiary/aromatic N) is 2. The van der Waals surface area contributed by atoms with Gasteiger partial charge in [-0.25, -0.2) is 4.79 Å². The molecule has 1 aliphatic rings. The highest BCUT2D eigenvalue weighted by atomic mass is 16.6. The Balaban J connectivity index is 1.66. The molecule has 0 radical (unpaired) electrons. The minimum absolute atomic E-state index is 0.296. The number of rotatable bonds is 2. The van der Waals surface area contributed by atoms with Gasteiger partial charge in [0.05, 0.1) is 17.8 Å². The fraction of sp³-hybridized carbons (Fsp3) is 0.100. The number of carbonyl (C=O) groups excluding carboxylic acids is 1.